The van der Waals surface area contributed by atoms with Crippen molar-refractivity contribution < 1.29 is 9.21 Å². The number of aromatic nitrogens is 3. The van der Waals surface area contributed by atoms with Crippen molar-refractivity contribution in [3.8, 4) is 17.3 Å². The third-order valence-electron chi connectivity index (χ3n) is 4.10. The first-order valence-electron chi connectivity index (χ1n) is 8.50. The number of furan rings is 1. The van der Waals surface area contributed by atoms with Crippen LogP contribution in [0.2, 0.25) is 0 Å². The number of benzene rings is 2. The SMILES string of the molecule is Cc1ccc(C(=O)CSc2nnc(-c3ccco3)n2-c2ccccc2)cc1. The van der Waals surface area contributed by atoms with Crippen molar-refractivity contribution in [3.63, 3.8) is 0 Å². The lowest BCUT2D eigenvalue weighted by molar-refractivity contribution is 0.102. The molecule has 27 heavy (non-hydrogen) atoms. The predicted octanol–water partition coefficient (Wildman–Crippen LogP) is 4.81. The van der Waals surface area contributed by atoms with E-state index in [2.05, 4.69) is 10.2 Å². The molecule has 6 heteroatoms. The second kappa shape index (κ2) is 7.63. The van der Waals surface area contributed by atoms with Crippen LogP contribution in [-0.4, -0.2) is 26.3 Å². The van der Waals surface area contributed by atoms with Gasteiger partial charge in [-0.3, -0.25) is 9.36 Å². The number of carbonyl (C=O) groups excluding carboxylic acids is 1. The molecular formula is C21H17N3O2S. The summed E-state index contributed by atoms with van der Waals surface area (Å²) in [4.78, 5) is 12.5. The minimum atomic E-state index is 0.0576. The first-order valence-corrected chi connectivity index (χ1v) is 9.48. The van der Waals surface area contributed by atoms with Gasteiger partial charge in [0.15, 0.2) is 16.7 Å². The lowest BCUT2D eigenvalue weighted by Gasteiger charge is -2.09. The highest BCUT2D eigenvalue weighted by molar-refractivity contribution is 7.99. The number of thioether (sulfide) groups is 1. The average molecular weight is 375 g/mol. The number of rotatable bonds is 6. The highest BCUT2D eigenvalue weighted by Crippen LogP contribution is 2.28. The van der Waals surface area contributed by atoms with Crippen LogP contribution in [0.1, 0.15) is 15.9 Å². The molecule has 134 valence electrons. The molecule has 4 rings (SSSR count). The Kier molecular flexibility index (Phi) is 4.89. The third kappa shape index (κ3) is 3.71. The molecule has 0 aliphatic rings. The van der Waals surface area contributed by atoms with Crippen molar-refractivity contribution in [1.82, 2.24) is 14.8 Å². The number of hydrogen-bond acceptors (Lipinski definition) is 5. The van der Waals surface area contributed by atoms with Gasteiger partial charge in [-0.25, -0.2) is 0 Å². The summed E-state index contributed by atoms with van der Waals surface area (Å²) in [6.45, 7) is 2.00. The average Bonchev–Trinajstić information content (AvgIpc) is 3.37. The molecule has 4 aromatic rings. The number of Topliss-reactive ketones (excluding diaryl/α,β-unsaturated/α-hetero) is 1. The fourth-order valence-corrected chi connectivity index (χ4v) is 3.54. The van der Waals surface area contributed by atoms with Gasteiger partial charge in [0.25, 0.3) is 0 Å². The zero-order chi connectivity index (χ0) is 18.6. The summed E-state index contributed by atoms with van der Waals surface area (Å²) >= 11 is 1.37. The van der Waals surface area contributed by atoms with Crippen LogP contribution in [0.5, 0.6) is 0 Å². The van der Waals surface area contributed by atoms with Gasteiger partial charge >= 0.3 is 0 Å². The third-order valence-corrected chi connectivity index (χ3v) is 5.02. The van der Waals surface area contributed by atoms with Gasteiger partial charge in [-0.05, 0) is 31.2 Å². The normalized spacial score (nSPS) is 10.9. The van der Waals surface area contributed by atoms with Crippen LogP contribution >= 0.6 is 11.8 Å². The first kappa shape index (κ1) is 17.3. The van der Waals surface area contributed by atoms with Crippen LogP contribution in [0.3, 0.4) is 0 Å². The van der Waals surface area contributed by atoms with Crippen LogP contribution in [0.15, 0.2) is 82.6 Å². The quantitative estimate of drug-likeness (QED) is 0.357. The van der Waals surface area contributed by atoms with Crippen molar-refractivity contribution in [3.05, 3.63) is 84.1 Å². The highest BCUT2D eigenvalue weighted by atomic mass is 32.2. The van der Waals surface area contributed by atoms with E-state index >= 15 is 0 Å². The summed E-state index contributed by atoms with van der Waals surface area (Å²) in [5.41, 5.74) is 2.75. The number of hydrogen-bond donors (Lipinski definition) is 0. The van der Waals surface area contributed by atoms with E-state index in [9.17, 15) is 4.79 Å². The molecule has 0 unspecified atom stereocenters. The fraction of sp³-hybridized carbons (Fsp3) is 0.0952. The zero-order valence-corrected chi connectivity index (χ0v) is 15.5. The van der Waals surface area contributed by atoms with Gasteiger partial charge in [-0.2, -0.15) is 0 Å². The van der Waals surface area contributed by atoms with E-state index in [1.54, 1.807) is 6.26 Å². The van der Waals surface area contributed by atoms with Gasteiger partial charge in [0.05, 0.1) is 12.0 Å². The van der Waals surface area contributed by atoms with Gasteiger partial charge in [0, 0.05) is 11.3 Å². The van der Waals surface area contributed by atoms with Crippen LogP contribution in [0.25, 0.3) is 17.3 Å². The molecule has 0 bridgehead atoms. The monoisotopic (exact) mass is 375 g/mol. The molecule has 0 saturated heterocycles. The van der Waals surface area contributed by atoms with Gasteiger partial charge in [0.2, 0.25) is 5.82 Å². The van der Waals surface area contributed by atoms with E-state index in [4.69, 9.17) is 4.42 Å². The second-order valence-electron chi connectivity index (χ2n) is 6.03. The van der Waals surface area contributed by atoms with E-state index in [1.165, 1.54) is 11.8 Å². The number of carbonyl (C=O) groups is 1. The van der Waals surface area contributed by atoms with Crippen molar-refractivity contribution in [2.45, 2.75) is 12.1 Å². The van der Waals surface area contributed by atoms with Crippen molar-refractivity contribution in [1.29, 1.82) is 0 Å². The first-order chi connectivity index (χ1) is 13.2. The van der Waals surface area contributed by atoms with E-state index in [-0.39, 0.29) is 11.5 Å². The molecule has 0 atom stereocenters. The van der Waals surface area contributed by atoms with E-state index in [0.29, 0.717) is 22.3 Å². The molecule has 0 amide bonds. The molecule has 5 nitrogen and oxygen atoms in total. The van der Waals surface area contributed by atoms with Crippen molar-refractivity contribution in [2.24, 2.45) is 0 Å². The lowest BCUT2D eigenvalue weighted by atomic mass is 10.1. The topological polar surface area (TPSA) is 60.9 Å². The minimum absolute atomic E-state index is 0.0576. The van der Waals surface area contributed by atoms with E-state index in [1.807, 2.05) is 78.2 Å². The Balaban J connectivity index is 1.63. The molecule has 0 aliphatic heterocycles. The molecule has 0 aliphatic carbocycles. The van der Waals surface area contributed by atoms with Crippen LogP contribution < -0.4 is 0 Å². The summed E-state index contributed by atoms with van der Waals surface area (Å²) < 4.78 is 7.41. The highest BCUT2D eigenvalue weighted by Gasteiger charge is 2.19. The minimum Gasteiger partial charge on any atom is -0.461 e. The molecule has 0 radical (unpaired) electrons. The Hall–Kier alpha value is -3.12. The number of nitrogens with zero attached hydrogens (tertiary/aromatic N) is 3. The largest absolute Gasteiger partial charge is 0.461 e. The standard InChI is InChI=1S/C21H17N3O2S/c1-15-9-11-16(12-10-15)18(25)14-27-21-23-22-20(19-8-5-13-26-19)24(21)17-6-3-2-4-7-17/h2-13H,14H2,1H3. The van der Waals surface area contributed by atoms with Crippen LogP contribution in [0.4, 0.5) is 0 Å². The maximum absolute atomic E-state index is 12.5. The van der Waals surface area contributed by atoms with Crippen molar-refractivity contribution in [2.75, 3.05) is 5.75 Å². The summed E-state index contributed by atoms with van der Waals surface area (Å²) in [5.74, 6) is 1.58. The maximum Gasteiger partial charge on any atom is 0.205 e. The number of ketones is 1. The molecule has 0 N–H and O–H groups in total. The van der Waals surface area contributed by atoms with E-state index in [0.717, 1.165) is 11.3 Å². The Bertz CT molecular complexity index is 1040. The number of aryl methyl sites for hydroxylation is 1. The fourth-order valence-electron chi connectivity index (χ4n) is 2.69. The molecule has 0 fully saturated rings. The van der Waals surface area contributed by atoms with Gasteiger partial charge in [-0.1, -0.05) is 59.8 Å². The molecule has 2 aromatic carbocycles. The van der Waals surface area contributed by atoms with Crippen molar-refractivity contribution >= 4 is 17.5 Å². The molecule has 2 aromatic heterocycles. The smallest absolute Gasteiger partial charge is 0.205 e. The summed E-state index contributed by atoms with van der Waals surface area (Å²) in [6, 6.07) is 21.1. The van der Waals surface area contributed by atoms with Crippen LogP contribution in [-0.2, 0) is 0 Å². The van der Waals surface area contributed by atoms with E-state index < -0.39 is 0 Å². The Morgan fingerprint density at radius 3 is 2.48 bits per heavy atom. The molecule has 2 heterocycles. The summed E-state index contributed by atoms with van der Waals surface area (Å²) in [6.07, 6.45) is 1.60. The Morgan fingerprint density at radius 1 is 1.00 bits per heavy atom. The lowest BCUT2D eigenvalue weighted by Crippen LogP contribution is -2.05. The van der Waals surface area contributed by atoms with Crippen LogP contribution in [0, 0.1) is 6.92 Å². The molecular weight excluding hydrogens is 358 g/mol. The Labute approximate surface area is 161 Å². The second-order valence-corrected chi connectivity index (χ2v) is 6.97. The predicted molar refractivity (Wildman–Crippen MR) is 105 cm³/mol. The maximum atomic E-state index is 12.5. The van der Waals surface area contributed by atoms with Gasteiger partial charge in [0.1, 0.15) is 0 Å². The van der Waals surface area contributed by atoms with Gasteiger partial charge in [-0.15, -0.1) is 10.2 Å². The summed E-state index contributed by atoms with van der Waals surface area (Å²) in [7, 11) is 0. The van der Waals surface area contributed by atoms with Gasteiger partial charge < -0.3 is 4.42 Å². The molecule has 0 spiro atoms. The zero-order valence-electron chi connectivity index (χ0n) is 14.7. The number of para-hydroxylation sites is 1. The Morgan fingerprint density at radius 2 is 1.78 bits per heavy atom. The summed E-state index contributed by atoms with van der Waals surface area (Å²) in [5, 5.41) is 9.22. The molecule has 0 saturated carbocycles.